The fraction of sp³-hybridized carbons (Fsp3) is 0.200. The Morgan fingerprint density at radius 1 is 1.88 bits per heavy atom. The van der Waals surface area contributed by atoms with Crippen LogP contribution in [-0.4, -0.2) is 10.7 Å². The van der Waals surface area contributed by atoms with Crippen LogP contribution in [0.5, 0.6) is 0 Å². The van der Waals surface area contributed by atoms with Gasteiger partial charge in [0.15, 0.2) is 6.29 Å². The molecule has 3 heteroatoms. The topological polar surface area (TPSA) is 30.0 Å². The van der Waals surface area contributed by atoms with E-state index in [9.17, 15) is 4.79 Å². The first-order valence-electron chi connectivity index (χ1n) is 2.21. The van der Waals surface area contributed by atoms with E-state index in [-0.39, 0.29) is 0 Å². The number of hydrogen-bond donors (Lipinski definition) is 0. The molecule has 0 aliphatic carbocycles. The number of carbonyl (C=O) groups is 1. The molecule has 42 valence electrons. The van der Waals surface area contributed by atoms with E-state index < -0.39 is 0 Å². The van der Waals surface area contributed by atoms with Crippen LogP contribution in [0.4, 0.5) is 0 Å². The first-order valence-corrected chi connectivity index (χ1v) is 2.99. The van der Waals surface area contributed by atoms with Crippen molar-refractivity contribution in [1.29, 1.82) is 0 Å². The van der Waals surface area contributed by atoms with Crippen molar-refractivity contribution in [2.75, 3.05) is 0 Å². The number of aryl methyl sites for hydroxylation is 1. The smallest absolute Gasteiger partial charge is 0.161 e. The van der Waals surface area contributed by atoms with E-state index in [1.54, 1.807) is 6.07 Å². The maximum absolute atomic E-state index is 9.99. The van der Waals surface area contributed by atoms with Crippen LogP contribution in [0.1, 0.15) is 15.4 Å². The molecule has 1 aromatic rings. The average molecular weight is 127 g/mol. The highest BCUT2D eigenvalue weighted by atomic mass is 32.1. The van der Waals surface area contributed by atoms with Crippen molar-refractivity contribution in [3.63, 3.8) is 0 Å². The van der Waals surface area contributed by atoms with Gasteiger partial charge in [-0.05, 0) is 24.5 Å². The summed E-state index contributed by atoms with van der Waals surface area (Å²) >= 11 is 1.23. The molecular weight excluding hydrogens is 122 g/mol. The molecule has 8 heavy (non-hydrogen) atoms. The summed E-state index contributed by atoms with van der Waals surface area (Å²) in [5, 5.41) is 0. The van der Waals surface area contributed by atoms with E-state index in [0.29, 0.717) is 4.88 Å². The van der Waals surface area contributed by atoms with Gasteiger partial charge in [0.05, 0.1) is 10.6 Å². The maximum Gasteiger partial charge on any atom is 0.161 e. The molecule has 0 bridgehead atoms. The van der Waals surface area contributed by atoms with Gasteiger partial charge in [-0.3, -0.25) is 4.79 Å². The van der Waals surface area contributed by atoms with Crippen molar-refractivity contribution in [2.45, 2.75) is 6.92 Å². The van der Waals surface area contributed by atoms with Crippen molar-refractivity contribution < 1.29 is 4.79 Å². The lowest BCUT2D eigenvalue weighted by Crippen LogP contribution is -1.64. The van der Waals surface area contributed by atoms with Crippen LogP contribution in [0, 0.1) is 6.92 Å². The number of aromatic nitrogens is 1. The van der Waals surface area contributed by atoms with Gasteiger partial charge >= 0.3 is 0 Å². The van der Waals surface area contributed by atoms with Gasteiger partial charge in [-0.15, -0.1) is 0 Å². The molecule has 1 heterocycles. The minimum atomic E-state index is 0.697. The van der Waals surface area contributed by atoms with E-state index in [1.165, 1.54) is 11.5 Å². The highest BCUT2D eigenvalue weighted by Crippen LogP contribution is 2.04. The molecule has 0 unspecified atom stereocenters. The maximum atomic E-state index is 9.99. The zero-order valence-electron chi connectivity index (χ0n) is 4.42. The van der Waals surface area contributed by atoms with Crippen LogP contribution >= 0.6 is 11.5 Å². The van der Waals surface area contributed by atoms with E-state index in [1.807, 2.05) is 6.92 Å². The standard InChI is InChI=1S/C5H5NOS/c1-4-2-5(3-7)8-6-4/h2-3H,1H3. The summed E-state index contributed by atoms with van der Waals surface area (Å²) in [6, 6.07) is 1.76. The summed E-state index contributed by atoms with van der Waals surface area (Å²) in [5.74, 6) is 0. The summed E-state index contributed by atoms with van der Waals surface area (Å²) < 4.78 is 3.90. The molecular formula is C5H5NOS. The zero-order chi connectivity index (χ0) is 5.98. The second-order valence-electron chi connectivity index (χ2n) is 1.49. The van der Waals surface area contributed by atoms with Gasteiger partial charge in [0.1, 0.15) is 0 Å². The van der Waals surface area contributed by atoms with Crippen LogP contribution in [0.3, 0.4) is 0 Å². The lowest BCUT2D eigenvalue weighted by Gasteiger charge is -1.67. The largest absolute Gasteiger partial charge is 0.297 e. The minimum Gasteiger partial charge on any atom is -0.297 e. The van der Waals surface area contributed by atoms with Crippen molar-refractivity contribution in [3.05, 3.63) is 16.6 Å². The van der Waals surface area contributed by atoms with E-state index in [2.05, 4.69) is 4.37 Å². The molecule has 0 atom stereocenters. The molecule has 0 amide bonds. The molecule has 2 nitrogen and oxygen atoms in total. The van der Waals surface area contributed by atoms with Crippen molar-refractivity contribution in [1.82, 2.24) is 4.37 Å². The Hall–Kier alpha value is -0.700. The summed E-state index contributed by atoms with van der Waals surface area (Å²) in [7, 11) is 0. The predicted octanol–water partition coefficient (Wildman–Crippen LogP) is 1.26. The highest BCUT2D eigenvalue weighted by Gasteiger charge is 1.91. The normalized spacial score (nSPS) is 9.12. The van der Waals surface area contributed by atoms with Crippen molar-refractivity contribution in [2.24, 2.45) is 0 Å². The van der Waals surface area contributed by atoms with E-state index >= 15 is 0 Å². The third-order valence-electron chi connectivity index (χ3n) is 0.762. The first-order chi connectivity index (χ1) is 3.83. The molecule has 0 radical (unpaired) electrons. The Bertz CT molecular complexity index is 194. The molecule has 0 saturated carbocycles. The summed E-state index contributed by atoms with van der Waals surface area (Å²) in [5.41, 5.74) is 0.914. The van der Waals surface area contributed by atoms with Crippen LogP contribution < -0.4 is 0 Å². The zero-order valence-corrected chi connectivity index (χ0v) is 5.23. The first kappa shape index (κ1) is 5.44. The van der Waals surface area contributed by atoms with Gasteiger partial charge in [0, 0.05) is 0 Å². The molecule has 0 aromatic carbocycles. The fourth-order valence-electron chi connectivity index (χ4n) is 0.439. The minimum absolute atomic E-state index is 0.697. The summed E-state index contributed by atoms with van der Waals surface area (Å²) in [6.07, 6.45) is 0.810. The third-order valence-corrected chi connectivity index (χ3v) is 1.57. The van der Waals surface area contributed by atoms with E-state index in [4.69, 9.17) is 0 Å². The summed E-state index contributed by atoms with van der Waals surface area (Å²) in [6.45, 7) is 1.86. The Morgan fingerprint density at radius 2 is 2.62 bits per heavy atom. The Balaban J connectivity index is 3.00. The van der Waals surface area contributed by atoms with Gasteiger partial charge < -0.3 is 0 Å². The van der Waals surface area contributed by atoms with Crippen LogP contribution in [0.2, 0.25) is 0 Å². The van der Waals surface area contributed by atoms with Crippen molar-refractivity contribution >= 4 is 17.8 Å². The molecule has 0 spiro atoms. The Kier molecular flexibility index (Phi) is 1.39. The lowest BCUT2D eigenvalue weighted by molar-refractivity contribution is 0.112. The van der Waals surface area contributed by atoms with Crippen LogP contribution in [0.25, 0.3) is 0 Å². The third kappa shape index (κ3) is 0.924. The number of aldehydes is 1. The van der Waals surface area contributed by atoms with E-state index in [0.717, 1.165) is 12.0 Å². The average Bonchev–Trinajstić information content (AvgIpc) is 2.14. The molecule has 0 aliphatic heterocycles. The molecule has 1 rings (SSSR count). The second kappa shape index (κ2) is 2.05. The van der Waals surface area contributed by atoms with Gasteiger partial charge in [0.2, 0.25) is 0 Å². The predicted molar refractivity (Wildman–Crippen MR) is 32.2 cm³/mol. The highest BCUT2D eigenvalue weighted by molar-refractivity contribution is 7.07. The number of carbonyl (C=O) groups excluding carboxylic acids is 1. The second-order valence-corrected chi connectivity index (χ2v) is 2.33. The number of hydrogen-bond acceptors (Lipinski definition) is 3. The van der Waals surface area contributed by atoms with Gasteiger partial charge in [0.25, 0.3) is 0 Å². The molecule has 0 N–H and O–H groups in total. The molecule has 0 fully saturated rings. The Morgan fingerprint density at radius 3 is 2.88 bits per heavy atom. The molecule has 0 aliphatic rings. The Labute approximate surface area is 51.3 Å². The molecule has 0 saturated heterocycles. The number of nitrogens with zero attached hydrogens (tertiary/aromatic N) is 1. The monoisotopic (exact) mass is 127 g/mol. The quantitative estimate of drug-likeness (QED) is 0.531. The van der Waals surface area contributed by atoms with Gasteiger partial charge in [-0.2, -0.15) is 4.37 Å². The van der Waals surface area contributed by atoms with Crippen LogP contribution in [0.15, 0.2) is 6.07 Å². The van der Waals surface area contributed by atoms with Crippen LogP contribution in [-0.2, 0) is 0 Å². The van der Waals surface area contributed by atoms with Gasteiger partial charge in [-0.1, -0.05) is 0 Å². The number of rotatable bonds is 1. The van der Waals surface area contributed by atoms with Crippen molar-refractivity contribution in [3.8, 4) is 0 Å². The summed E-state index contributed by atoms with van der Waals surface area (Å²) in [4.78, 5) is 10.7. The van der Waals surface area contributed by atoms with Gasteiger partial charge in [-0.25, -0.2) is 0 Å². The SMILES string of the molecule is Cc1cc(C=O)sn1. The molecule has 1 aromatic heterocycles. The fourth-order valence-corrected chi connectivity index (χ4v) is 1.01. The lowest BCUT2D eigenvalue weighted by atomic mass is 10.4.